The summed E-state index contributed by atoms with van der Waals surface area (Å²) in [6.07, 6.45) is 0. The second kappa shape index (κ2) is 9.36. The number of hydrogen-bond donors (Lipinski definition) is 1. The van der Waals surface area contributed by atoms with Crippen LogP contribution in [0.5, 0.6) is 0 Å². The molecule has 2 aromatic carbocycles. The van der Waals surface area contributed by atoms with Gasteiger partial charge in [-0.3, -0.25) is 4.79 Å². The fourth-order valence-electron chi connectivity index (χ4n) is 3.82. The van der Waals surface area contributed by atoms with Crippen LogP contribution in [0.4, 0.5) is 10.1 Å². The molecular weight excluding hydrogens is 445 g/mol. The SMILES string of the molecule is Cc1ccc(C(C)NC(=O)c2cccc(S(=O)(=O)N3CCN(c4ccc(F)cc4)CC3)c2)o1. The number of hydrogen-bond acceptors (Lipinski definition) is 5. The average molecular weight is 472 g/mol. The van der Waals surface area contributed by atoms with Crippen molar-refractivity contribution in [1.82, 2.24) is 9.62 Å². The molecule has 1 unspecified atom stereocenters. The molecule has 9 heteroatoms. The summed E-state index contributed by atoms with van der Waals surface area (Å²) < 4.78 is 46.5. The van der Waals surface area contributed by atoms with E-state index in [0.29, 0.717) is 31.9 Å². The summed E-state index contributed by atoms with van der Waals surface area (Å²) in [7, 11) is -3.76. The predicted octanol–water partition coefficient (Wildman–Crippen LogP) is 3.73. The zero-order valence-corrected chi connectivity index (χ0v) is 19.3. The Kier molecular flexibility index (Phi) is 6.53. The Labute approximate surface area is 192 Å². The van der Waals surface area contributed by atoms with E-state index in [1.165, 1.54) is 28.6 Å². The Hall–Kier alpha value is -3.17. The first-order chi connectivity index (χ1) is 15.7. The molecule has 0 aliphatic carbocycles. The normalized spacial score (nSPS) is 15.9. The summed E-state index contributed by atoms with van der Waals surface area (Å²) in [5.41, 5.74) is 1.11. The molecule has 2 heterocycles. The lowest BCUT2D eigenvalue weighted by Crippen LogP contribution is -2.48. The molecule has 0 saturated carbocycles. The third-order valence-corrected chi connectivity index (χ3v) is 7.59. The van der Waals surface area contributed by atoms with Gasteiger partial charge in [0.05, 0.1) is 10.9 Å². The fraction of sp³-hybridized carbons (Fsp3) is 0.292. The van der Waals surface area contributed by atoms with Crippen LogP contribution in [0.3, 0.4) is 0 Å². The van der Waals surface area contributed by atoms with Gasteiger partial charge in [0.2, 0.25) is 10.0 Å². The smallest absolute Gasteiger partial charge is 0.251 e. The lowest BCUT2D eigenvalue weighted by atomic mass is 10.2. The van der Waals surface area contributed by atoms with Gasteiger partial charge in [-0.25, -0.2) is 12.8 Å². The second-order valence-corrected chi connectivity index (χ2v) is 9.98. The van der Waals surface area contributed by atoms with Crippen LogP contribution < -0.4 is 10.2 Å². The molecule has 0 spiro atoms. The highest BCUT2D eigenvalue weighted by Gasteiger charge is 2.29. The van der Waals surface area contributed by atoms with Gasteiger partial charge in [0.25, 0.3) is 5.91 Å². The highest BCUT2D eigenvalue weighted by Crippen LogP contribution is 2.23. The molecule has 1 saturated heterocycles. The molecule has 1 N–H and O–H groups in total. The minimum atomic E-state index is -3.76. The number of anilines is 1. The Morgan fingerprint density at radius 2 is 1.73 bits per heavy atom. The summed E-state index contributed by atoms with van der Waals surface area (Å²) in [6, 6.07) is 15.5. The number of furan rings is 1. The van der Waals surface area contributed by atoms with Crippen LogP contribution in [0.15, 0.2) is 70.0 Å². The van der Waals surface area contributed by atoms with E-state index in [1.54, 1.807) is 37.3 Å². The number of piperazine rings is 1. The number of nitrogens with zero attached hydrogens (tertiary/aromatic N) is 2. The molecule has 1 aliphatic rings. The van der Waals surface area contributed by atoms with Gasteiger partial charge in [-0.1, -0.05) is 6.07 Å². The number of aryl methyl sites for hydroxylation is 1. The number of carbonyl (C=O) groups excluding carboxylic acids is 1. The molecule has 7 nitrogen and oxygen atoms in total. The largest absolute Gasteiger partial charge is 0.464 e. The summed E-state index contributed by atoms with van der Waals surface area (Å²) in [5, 5.41) is 2.84. The van der Waals surface area contributed by atoms with Crippen molar-refractivity contribution in [3.05, 3.63) is 83.6 Å². The van der Waals surface area contributed by atoms with Gasteiger partial charge >= 0.3 is 0 Å². The number of nitrogens with one attached hydrogen (secondary N) is 1. The topological polar surface area (TPSA) is 82.9 Å². The van der Waals surface area contributed by atoms with Crippen LogP contribution in [-0.2, 0) is 10.0 Å². The molecular formula is C24H26FN3O4S. The predicted molar refractivity (Wildman–Crippen MR) is 123 cm³/mol. The molecule has 1 atom stereocenters. The van der Waals surface area contributed by atoms with Gasteiger partial charge < -0.3 is 14.6 Å². The quantitative estimate of drug-likeness (QED) is 0.592. The molecule has 1 aromatic heterocycles. The van der Waals surface area contributed by atoms with E-state index in [-0.39, 0.29) is 28.2 Å². The Balaban J connectivity index is 1.43. The van der Waals surface area contributed by atoms with E-state index in [2.05, 4.69) is 5.32 Å². The van der Waals surface area contributed by atoms with Crippen molar-refractivity contribution < 1.29 is 22.0 Å². The molecule has 1 fully saturated rings. The molecule has 3 aromatic rings. The van der Waals surface area contributed by atoms with Crippen LogP contribution in [0.1, 0.15) is 34.8 Å². The molecule has 0 bridgehead atoms. The molecule has 174 valence electrons. The molecule has 1 amide bonds. The van der Waals surface area contributed by atoms with Crippen LogP contribution in [-0.4, -0.2) is 44.8 Å². The number of amides is 1. The Bertz CT molecular complexity index is 1230. The lowest BCUT2D eigenvalue weighted by molar-refractivity contribution is 0.0935. The average Bonchev–Trinajstić information content (AvgIpc) is 3.26. The van der Waals surface area contributed by atoms with E-state index in [9.17, 15) is 17.6 Å². The van der Waals surface area contributed by atoms with Crippen LogP contribution in [0.25, 0.3) is 0 Å². The van der Waals surface area contributed by atoms with E-state index < -0.39 is 10.0 Å². The van der Waals surface area contributed by atoms with E-state index in [0.717, 1.165) is 11.4 Å². The maximum Gasteiger partial charge on any atom is 0.251 e. The van der Waals surface area contributed by atoms with Crippen molar-refractivity contribution in [3.8, 4) is 0 Å². The Morgan fingerprint density at radius 1 is 1.03 bits per heavy atom. The highest BCUT2D eigenvalue weighted by molar-refractivity contribution is 7.89. The Morgan fingerprint density at radius 3 is 2.36 bits per heavy atom. The van der Waals surface area contributed by atoms with Gasteiger partial charge in [-0.15, -0.1) is 0 Å². The van der Waals surface area contributed by atoms with Gasteiger partial charge in [-0.2, -0.15) is 4.31 Å². The number of sulfonamides is 1. The highest BCUT2D eigenvalue weighted by atomic mass is 32.2. The summed E-state index contributed by atoms with van der Waals surface area (Å²) in [4.78, 5) is 14.8. The number of rotatable bonds is 6. The first-order valence-corrected chi connectivity index (χ1v) is 12.2. The summed E-state index contributed by atoms with van der Waals surface area (Å²) in [5.74, 6) is 0.689. The summed E-state index contributed by atoms with van der Waals surface area (Å²) >= 11 is 0. The molecule has 1 aliphatic heterocycles. The number of halogens is 1. The van der Waals surface area contributed by atoms with Crippen molar-refractivity contribution >= 4 is 21.6 Å². The first-order valence-electron chi connectivity index (χ1n) is 10.7. The maximum absolute atomic E-state index is 13.2. The van der Waals surface area contributed by atoms with Crippen molar-refractivity contribution in [1.29, 1.82) is 0 Å². The molecule has 0 radical (unpaired) electrons. The third-order valence-electron chi connectivity index (χ3n) is 5.70. The van der Waals surface area contributed by atoms with Crippen molar-refractivity contribution in [3.63, 3.8) is 0 Å². The van der Waals surface area contributed by atoms with Crippen molar-refractivity contribution in [2.45, 2.75) is 24.8 Å². The maximum atomic E-state index is 13.2. The van der Waals surface area contributed by atoms with Gasteiger partial charge in [0, 0.05) is 37.4 Å². The van der Waals surface area contributed by atoms with Gasteiger partial charge in [-0.05, 0) is 68.4 Å². The van der Waals surface area contributed by atoms with Crippen LogP contribution >= 0.6 is 0 Å². The lowest BCUT2D eigenvalue weighted by Gasteiger charge is -2.35. The van der Waals surface area contributed by atoms with Crippen LogP contribution in [0, 0.1) is 12.7 Å². The van der Waals surface area contributed by atoms with E-state index >= 15 is 0 Å². The standard InChI is InChI=1S/C24H26FN3O4S/c1-17-6-11-23(32-17)18(2)26-24(29)19-4-3-5-22(16-19)33(30,31)28-14-12-27(13-15-28)21-9-7-20(25)8-10-21/h3-11,16,18H,12-15H2,1-2H3,(H,26,29). The van der Waals surface area contributed by atoms with Crippen molar-refractivity contribution in [2.24, 2.45) is 0 Å². The van der Waals surface area contributed by atoms with Crippen LogP contribution in [0.2, 0.25) is 0 Å². The first kappa shape index (κ1) is 23.0. The minimum absolute atomic E-state index is 0.0758. The molecule has 4 rings (SSSR count). The van der Waals surface area contributed by atoms with E-state index in [4.69, 9.17) is 4.42 Å². The molecule has 33 heavy (non-hydrogen) atoms. The monoisotopic (exact) mass is 471 g/mol. The van der Waals surface area contributed by atoms with Gasteiger partial charge in [0.15, 0.2) is 0 Å². The summed E-state index contributed by atoms with van der Waals surface area (Å²) in [6.45, 7) is 5.20. The number of carbonyl (C=O) groups is 1. The zero-order valence-electron chi connectivity index (χ0n) is 18.5. The fourth-order valence-corrected chi connectivity index (χ4v) is 5.29. The second-order valence-electron chi connectivity index (χ2n) is 8.04. The zero-order chi connectivity index (χ0) is 23.6. The third kappa shape index (κ3) is 5.09. The van der Waals surface area contributed by atoms with Crippen molar-refractivity contribution in [2.75, 3.05) is 31.1 Å². The number of benzene rings is 2. The minimum Gasteiger partial charge on any atom is -0.464 e. The van der Waals surface area contributed by atoms with Gasteiger partial charge in [0.1, 0.15) is 17.3 Å². The van der Waals surface area contributed by atoms with E-state index in [1.807, 2.05) is 17.9 Å².